The predicted octanol–water partition coefficient (Wildman–Crippen LogP) is 3.64. The lowest BCUT2D eigenvalue weighted by Crippen LogP contribution is -2.49. The second-order valence-electron chi connectivity index (χ2n) is 7.34. The number of hydrogen-bond acceptors (Lipinski definition) is 6. The number of piperazine rings is 1. The van der Waals surface area contributed by atoms with Crippen LogP contribution in [0.5, 0.6) is 5.75 Å². The molecule has 7 nitrogen and oxygen atoms in total. The van der Waals surface area contributed by atoms with Crippen molar-refractivity contribution in [2.24, 2.45) is 0 Å². The van der Waals surface area contributed by atoms with Crippen molar-refractivity contribution in [2.45, 2.75) is 6.92 Å². The number of halogens is 1. The molecule has 0 saturated carbocycles. The summed E-state index contributed by atoms with van der Waals surface area (Å²) in [6.45, 7) is 4.18. The van der Waals surface area contributed by atoms with Crippen LogP contribution in [0.1, 0.15) is 16.1 Å². The van der Waals surface area contributed by atoms with Gasteiger partial charge < -0.3 is 19.9 Å². The molecule has 1 saturated heterocycles. The van der Waals surface area contributed by atoms with Crippen LogP contribution in [-0.2, 0) is 0 Å². The fourth-order valence-corrected chi connectivity index (χ4v) is 3.49. The molecule has 0 unspecified atom stereocenters. The van der Waals surface area contributed by atoms with Crippen molar-refractivity contribution in [3.05, 3.63) is 71.7 Å². The largest absolute Gasteiger partial charge is 0.497 e. The van der Waals surface area contributed by atoms with Gasteiger partial charge in [0.1, 0.15) is 17.4 Å². The third-order valence-electron chi connectivity index (χ3n) is 5.13. The molecule has 0 bridgehead atoms. The van der Waals surface area contributed by atoms with Crippen LogP contribution in [0, 0.1) is 12.7 Å². The molecule has 1 fully saturated rings. The average Bonchev–Trinajstić information content (AvgIpc) is 2.79. The summed E-state index contributed by atoms with van der Waals surface area (Å²) in [6, 6.07) is 15.3. The van der Waals surface area contributed by atoms with E-state index >= 15 is 0 Å². The number of hydrogen-bond donors (Lipinski definition) is 1. The van der Waals surface area contributed by atoms with E-state index in [0.717, 1.165) is 17.1 Å². The number of nitrogens with zero attached hydrogens (tertiary/aromatic N) is 4. The highest BCUT2D eigenvalue weighted by molar-refractivity contribution is 5.94. The molecule has 1 aliphatic heterocycles. The van der Waals surface area contributed by atoms with Gasteiger partial charge in [-0.2, -0.15) is 4.98 Å². The zero-order valence-electron chi connectivity index (χ0n) is 17.5. The first-order chi connectivity index (χ1) is 15.0. The van der Waals surface area contributed by atoms with E-state index in [-0.39, 0.29) is 5.91 Å². The van der Waals surface area contributed by atoms with Crippen molar-refractivity contribution in [1.82, 2.24) is 14.9 Å². The second-order valence-corrected chi connectivity index (χ2v) is 7.34. The molecule has 2 heterocycles. The highest BCUT2D eigenvalue weighted by Gasteiger charge is 2.24. The highest BCUT2D eigenvalue weighted by Crippen LogP contribution is 2.22. The number of aryl methyl sites for hydroxylation is 1. The quantitative estimate of drug-likeness (QED) is 0.678. The molecule has 1 aromatic heterocycles. The maximum Gasteiger partial charge on any atom is 0.254 e. The average molecular weight is 421 g/mol. The van der Waals surface area contributed by atoms with E-state index in [2.05, 4.69) is 20.2 Å². The second kappa shape index (κ2) is 8.99. The summed E-state index contributed by atoms with van der Waals surface area (Å²) >= 11 is 0. The summed E-state index contributed by atoms with van der Waals surface area (Å²) < 4.78 is 18.6. The van der Waals surface area contributed by atoms with Crippen molar-refractivity contribution < 1.29 is 13.9 Å². The van der Waals surface area contributed by atoms with Gasteiger partial charge >= 0.3 is 0 Å². The summed E-state index contributed by atoms with van der Waals surface area (Å²) in [4.78, 5) is 25.7. The normalized spacial score (nSPS) is 13.8. The molecule has 8 heteroatoms. The Hall–Kier alpha value is -3.68. The molecular weight excluding hydrogens is 397 g/mol. The van der Waals surface area contributed by atoms with Gasteiger partial charge in [0, 0.05) is 49.2 Å². The number of methoxy groups -OCH3 is 1. The van der Waals surface area contributed by atoms with Crippen molar-refractivity contribution in [2.75, 3.05) is 43.5 Å². The molecule has 0 radical (unpaired) electrons. The number of nitrogens with one attached hydrogen (secondary N) is 1. The number of carbonyl (C=O) groups excluding carboxylic acids is 1. The molecule has 1 N–H and O–H groups in total. The van der Waals surface area contributed by atoms with Crippen molar-refractivity contribution >= 4 is 23.4 Å². The van der Waals surface area contributed by atoms with E-state index in [1.165, 1.54) is 12.1 Å². The maximum absolute atomic E-state index is 13.4. The molecule has 0 atom stereocenters. The Morgan fingerprint density at radius 1 is 1.03 bits per heavy atom. The Morgan fingerprint density at radius 2 is 1.77 bits per heavy atom. The zero-order valence-corrected chi connectivity index (χ0v) is 17.5. The number of carbonyl (C=O) groups is 1. The van der Waals surface area contributed by atoms with Crippen LogP contribution >= 0.6 is 0 Å². The van der Waals surface area contributed by atoms with Crippen molar-refractivity contribution in [1.29, 1.82) is 0 Å². The Kier molecular flexibility index (Phi) is 5.97. The fraction of sp³-hybridized carbons (Fsp3) is 0.261. The molecule has 2 aromatic carbocycles. The van der Waals surface area contributed by atoms with Crippen LogP contribution in [0.15, 0.2) is 54.6 Å². The van der Waals surface area contributed by atoms with Gasteiger partial charge in [-0.25, -0.2) is 9.37 Å². The fourth-order valence-electron chi connectivity index (χ4n) is 3.49. The number of rotatable bonds is 5. The standard InChI is InChI=1S/C23H24FN5O2/c1-16-14-21(26-19-6-8-20(31-2)9-7-19)27-23(25-16)29-12-10-28(11-13-29)22(30)17-4-3-5-18(24)15-17/h3-9,14-15H,10-13H2,1-2H3,(H,25,26,27). The van der Waals surface area contributed by atoms with Crippen LogP contribution in [0.4, 0.5) is 21.8 Å². The summed E-state index contributed by atoms with van der Waals surface area (Å²) in [5.41, 5.74) is 2.11. The third-order valence-corrected chi connectivity index (χ3v) is 5.13. The highest BCUT2D eigenvalue weighted by atomic mass is 19.1. The topological polar surface area (TPSA) is 70.6 Å². The SMILES string of the molecule is COc1ccc(Nc2cc(C)nc(N3CCN(C(=O)c4cccc(F)c4)CC3)n2)cc1. The number of ether oxygens (including phenoxy) is 1. The van der Waals surface area contributed by atoms with Crippen molar-refractivity contribution in [3.8, 4) is 5.75 Å². The van der Waals surface area contributed by atoms with Crippen molar-refractivity contribution in [3.63, 3.8) is 0 Å². The Bertz CT molecular complexity index is 1070. The summed E-state index contributed by atoms with van der Waals surface area (Å²) in [7, 11) is 1.63. The van der Waals surface area contributed by atoms with Gasteiger partial charge in [-0.3, -0.25) is 4.79 Å². The van der Waals surface area contributed by atoms with Crippen LogP contribution in [0.3, 0.4) is 0 Å². The summed E-state index contributed by atoms with van der Waals surface area (Å²) in [6.07, 6.45) is 0. The molecule has 1 aliphatic rings. The number of benzene rings is 2. The minimum Gasteiger partial charge on any atom is -0.497 e. The smallest absolute Gasteiger partial charge is 0.254 e. The van der Waals surface area contributed by atoms with Gasteiger partial charge in [-0.05, 0) is 49.4 Å². The van der Waals surface area contributed by atoms with Gasteiger partial charge in [0.15, 0.2) is 0 Å². The molecule has 0 aliphatic carbocycles. The molecule has 1 amide bonds. The molecule has 160 valence electrons. The Morgan fingerprint density at radius 3 is 2.45 bits per heavy atom. The van der Waals surface area contributed by atoms with Crippen LogP contribution in [0.25, 0.3) is 0 Å². The minimum absolute atomic E-state index is 0.161. The van der Waals surface area contributed by atoms with E-state index in [1.54, 1.807) is 24.1 Å². The van der Waals surface area contributed by atoms with E-state index in [0.29, 0.717) is 43.5 Å². The lowest BCUT2D eigenvalue weighted by Gasteiger charge is -2.35. The van der Waals surface area contributed by atoms with Gasteiger partial charge in [-0.1, -0.05) is 6.07 Å². The van der Waals surface area contributed by atoms with E-state index in [1.807, 2.05) is 37.3 Å². The Balaban J connectivity index is 1.42. The van der Waals surface area contributed by atoms with Gasteiger partial charge in [-0.15, -0.1) is 0 Å². The number of amides is 1. The number of anilines is 3. The van der Waals surface area contributed by atoms with E-state index < -0.39 is 5.82 Å². The van der Waals surface area contributed by atoms with E-state index in [4.69, 9.17) is 4.74 Å². The summed E-state index contributed by atoms with van der Waals surface area (Å²) in [5.74, 6) is 1.54. The zero-order chi connectivity index (χ0) is 21.8. The summed E-state index contributed by atoms with van der Waals surface area (Å²) in [5, 5.41) is 3.30. The monoisotopic (exact) mass is 421 g/mol. The maximum atomic E-state index is 13.4. The first kappa shape index (κ1) is 20.6. The lowest BCUT2D eigenvalue weighted by molar-refractivity contribution is 0.0745. The minimum atomic E-state index is -0.408. The molecule has 3 aromatic rings. The molecular formula is C23H24FN5O2. The first-order valence-electron chi connectivity index (χ1n) is 10.1. The molecule has 31 heavy (non-hydrogen) atoms. The van der Waals surface area contributed by atoms with Crippen LogP contribution < -0.4 is 15.0 Å². The first-order valence-corrected chi connectivity index (χ1v) is 10.1. The van der Waals surface area contributed by atoms with E-state index in [9.17, 15) is 9.18 Å². The van der Waals surface area contributed by atoms with Gasteiger partial charge in [0.05, 0.1) is 7.11 Å². The van der Waals surface area contributed by atoms with Crippen LogP contribution in [-0.4, -0.2) is 54.1 Å². The van der Waals surface area contributed by atoms with Gasteiger partial charge in [0.2, 0.25) is 5.95 Å². The predicted molar refractivity (Wildman–Crippen MR) is 118 cm³/mol. The van der Waals surface area contributed by atoms with Gasteiger partial charge in [0.25, 0.3) is 5.91 Å². The Labute approximate surface area is 180 Å². The van der Waals surface area contributed by atoms with Crippen LogP contribution in [0.2, 0.25) is 0 Å². The molecule has 4 rings (SSSR count). The third kappa shape index (κ3) is 4.91. The number of aromatic nitrogens is 2. The molecule has 0 spiro atoms. The lowest BCUT2D eigenvalue weighted by atomic mass is 10.2.